The summed E-state index contributed by atoms with van der Waals surface area (Å²) in [6.45, 7) is 0.416. The molecule has 1 heterocycles. The van der Waals surface area contributed by atoms with E-state index in [-0.39, 0.29) is 22.7 Å². The van der Waals surface area contributed by atoms with Crippen LogP contribution in [0.15, 0.2) is 35.7 Å². The molecule has 1 saturated carbocycles. The molecule has 0 unspecified atom stereocenters. The van der Waals surface area contributed by atoms with Crippen molar-refractivity contribution in [3.63, 3.8) is 0 Å². The molecule has 0 radical (unpaired) electrons. The van der Waals surface area contributed by atoms with Gasteiger partial charge in [-0.15, -0.1) is 11.3 Å². The van der Waals surface area contributed by atoms with Crippen LogP contribution in [0.1, 0.15) is 40.9 Å². The first-order valence-electron chi connectivity index (χ1n) is 8.21. The van der Waals surface area contributed by atoms with Gasteiger partial charge in [-0.2, -0.15) is 0 Å². The number of hydrogen-bond donors (Lipinski definition) is 1. The highest BCUT2D eigenvalue weighted by atomic mass is 32.1. The van der Waals surface area contributed by atoms with E-state index in [1.807, 2.05) is 11.4 Å². The third-order valence-corrected chi connectivity index (χ3v) is 5.92. The summed E-state index contributed by atoms with van der Waals surface area (Å²) in [7, 11) is 1.45. The number of rotatable bonds is 5. The van der Waals surface area contributed by atoms with Gasteiger partial charge in [-0.3, -0.25) is 9.59 Å². The molecule has 1 fully saturated rings. The van der Waals surface area contributed by atoms with E-state index >= 15 is 0 Å². The van der Waals surface area contributed by atoms with Crippen LogP contribution in [-0.2, 0) is 10.2 Å². The van der Waals surface area contributed by atoms with E-state index in [0.717, 1.165) is 0 Å². The molecule has 2 aromatic rings. The van der Waals surface area contributed by atoms with Gasteiger partial charge in [0.1, 0.15) is 17.3 Å². The van der Waals surface area contributed by atoms with Crippen molar-refractivity contribution < 1.29 is 18.7 Å². The van der Waals surface area contributed by atoms with Gasteiger partial charge >= 0.3 is 0 Å². The van der Waals surface area contributed by atoms with Crippen LogP contribution >= 0.6 is 11.3 Å². The Morgan fingerprint density at radius 2 is 2.08 bits per heavy atom. The van der Waals surface area contributed by atoms with E-state index in [4.69, 9.17) is 4.74 Å². The highest BCUT2D eigenvalue weighted by Crippen LogP contribution is 2.40. The molecule has 0 bridgehead atoms. The van der Waals surface area contributed by atoms with Crippen LogP contribution in [0.5, 0.6) is 5.75 Å². The fourth-order valence-electron chi connectivity index (χ4n) is 3.30. The van der Waals surface area contributed by atoms with E-state index in [0.29, 0.717) is 38.0 Å². The summed E-state index contributed by atoms with van der Waals surface area (Å²) in [6.07, 6.45) is 2.48. The van der Waals surface area contributed by atoms with E-state index in [9.17, 15) is 14.0 Å². The van der Waals surface area contributed by atoms with Crippen LogP contribution in [-0.4, -0.2) is 25.3 Å². The van der Waals surface area contributed by atoms with Crippen LogP contribution in [0.2, 0.25) is 0 Å². The van der Waals surface area contributed by atoms with Gasteiger partial charge in [0, 0.05) is 29.7 Å². The second kappa shape index (κ2) is 7.35. The molecule has 1 aliphatic rings. The first kappa shape index (κ1) is 17.6. The van der Waals surface area contributed by atoms with Crippen molar-refractivity contribution in [3.8, 4) is 5.75 Å². The van der Waals surface area contributed by atoms with Crippen LogP contribution in [0.3, 0.4) is 0 Å². The van der Waals surface area contributed by atoms with Gasteiger partial charge in [0.25, 0.3) is 5.91 Å². The molecule has 0 aliphatic heterocycles. The maximum Gasteiger partial charge on any atom is 0.255 e. The zero-order valence-corrected chi connectivity index (χ0v) is 14.8. The molecule has 1 aliphatic carbocycles. The normalized spacial score (nSPS) is 16.5. The number of carbonyl (C=O) groups excluding carboxylic acids is 2. The first-order chi connectivity index (χ1) is 12.0. The molecule has 132 valence electrons. The smallest absolute Gasteiger partial charge is 0.255 e. The van der Waals surface area contributed by atoms with E-state index in [2.05, 4.69) is 11.4 Å². The highest BCUT2D eigenvalue weighted by molar-refractivity contribution is 7.10. The van der Waals surface area contributed by atoms with Crippen molar-refractivity contribution >= 4 is 23.0 Å². The van der Waals surface area contributed by atoms with E-state index in [1.54, 1.807) is 11.3 Å². The minimum absolute atomic E-state index is 0.177. The Bertz CT molecular complexity index is 763. The largest absolute Gasteiger partial charge is 0.496 e. The molecule has 1 N–H and O–H groups in total. The highest BCUT2D eigenvalue weighted by Gasteiger charge is 2.37. The van der Waals surface area contributed by atoms with Gasteiger partial charge in [0.15, 0.2) is 0 Å². The molecule has 6 heteroatoms. The molecule has 0 saturated heterocycles. The molecule has 25 heavy (non-hydrogen) atoms. The molecular weight excluding hydrogens is 341 g/mol. The average Bonchev–Trinajstić information content (AvgIpc) is 3.16. The van der Waals surface area contributed by atoms with Crippen LogP contribution < -0.4 is 10.1 Å². The number of nitrogens with one attached hydrogen (secondary N) is 1. The van der Waals surface area contributed by atoms with Crippen molar-refractivity contribution in [3.05, 3.63) is 52.0 Å². The Kier molecular flexibility index (Phi) is 5.18. The Hall–Kier alpha value is -2.21. The second-order valence-electron chi connectivity index (χ2n) is 6.32. The quantitative estimate of drug-likeness (QED) is 0.883. The number of ether oxygens (including phenoxy) is 1. The molecule has 1 aromatic heterocycles. The van der Waals surface area contributed by atoms with Gasteiger partial charge in [0.05, 0.1) is 12.7 Å². The molecule has 0 spiro atoms. The predicted molar refractivity (Wildman–Crippen MR) is 94.8 cm³/mol. The monoisotopic (exact) mass is 361 g/mol. The number of thiophene rings is 1. The topological polar surface area (TPSA) is 55.4 Å². The third kappa shape index (κ3) is 3.74. The summed E-state index contributed by atoms with van der Waals surface area (Å²) in [5.41, 5.74) is -0.0612. The standard InChI is InChI=1S/C19H20FNO3S/c1-24-16-5-4-13(20)11-15(16)18(23)21-12-19(17-3-2-10-25-17)8-6-14(22)7-9-19/h2-5,10-11H,6-9,12H2,1H3,(H,21,23). The number of Topliss-reactive ketones (excluding diaryl/α,β-unsaturated/α-hetero) is 1. The first-order valence-corrected chi connectivity index (χ1v) is 9.09. The maximum atomic E-state index is 13.5. The summed E-state index contributed by atoms with van der Waals surface area (Å²) >= 11 is 1.64. The lowest BCUT2D eigenvalue weighted by Gasteiger charge is -2.36. The maximum absolute atomic E-state index is 13.5. The summed E-state index contributed by atoms with van der Waals surface area (Å²) in [6, 6.07) is 7.91. The molecule has 0 atom stereocenters. The van der Waals surface area contributed by atoms with Gasteiger partial charge in [-0.1, -0.05) is 6.07 Å². The summed E-state index contributed by atoms with van der Waals surface area (Å²) in [4.78, 5) is 25.4. The van der Waals surface area contributed by atoms with Crippen molar-refractivity contribution in [2.45, 2.75) is 31.1 Å². The second-order valence-corrected chi connectivity index (χ2v) is 7.27. The summed E-state index contributed by atoms with van der Waals surface area (Å²) in [5.74, 6) is -0.250. The van der Waals surface area contributed by atoms with Gasteiger partial charge in [-0.25, -0.2) is 4.39 Å². The molecule has 4 nitrogen and oxygen atoms in total. The minimum Gasteiger partial charge on any atom is -0.496 e. The van der Waals surface area contributed by atoms with Gasteiger partial charge in [0.2, 0.25) is 0 Å². The number of halogens is 1. The SMILES string of the molecule is COc1ccc(F)cc1C(=O)NCC1(c2cccs2)CCC(=O)CC1. The Morgan fingerprint density at radius 3 is 2.72 bits per heavy atom. The fraction of sp³-hybridized carbons (Fsp3) is 0.368. The van der Waals surface area contributed by atoms with Crippen molar-refractivity contribution in [2.24, 2.45) is 0 Å². The fourth-order valence-corrected chi connectivity index (χ4v) is 4.29. The van der Waals surface area contributed by atoms with Crippen LogP contribution in [0.25, 0.3) is 0 Å². The number of hydrogen-bond acceptors (Lipinski definition) is 4. The van der Waals surface area contributed by atoms with Crippen LogP contribution in [0, 0.1) is 5.82 Å². The third-order valence-electron chi connectivity index (χ3n) is 4.80. The van der Waals surface area contributed by atoms with Crippen molar-refractivity contribution in [1.29, 1.82) is 0 Å². The van der Waals surface area contributed by atoms with Crippen LogP contribution in [0.4, 0.5) is 4.39 Å². The molecular formula is C19H20FNO3S. The Morgan fingerprint density at radius 1 is 1.32 bits per heavy atom. The molecule has 1 aromatic carbocycles. The Balaban J connectivity index is 1.79. The predicted octanol–water partition coefficient (Wildman–Crippen LogP) is 3.71. The van der Waals surface area contributed by atoms with Crippen molar-refractivity contribution in [1.82, 2.24) is 5.32 Å². The zero-order valence-electron chi connectivity index (χ0n) is 14.0. The lowest BCUT2D eigenvalue weighted by molar-refractivity contribution is -0.121. The number of benzene rings is 1. The zero-order chi connectivity index (χ0) is 17.9. The van der Waals surface area contributed by atoms with Gasteiger partial charge < -0.3 is 10.1 Å². The van der Waals surface area contributed by atoms with E-state index in [1.165, 1.54) is 30.2 Å². The molecule has 1 amide bonds. The number of ketones is 1. The minimum atomic E-state index is -0.484. The molecule has 3 rings (SSSR count). The summed E-state index contributed by atoms with van der Waals surface area (Å²) in [5, 5.41) is 4.93. The lowest BCUT2D eigenvalue weighted by atomic mass is 9.72. The van der Waals surface area contributed by atoms with E-state index < -0.39 is 5.82 Å². The van der Waals surface area contributed by atoms with Gasteiger partial charge in [-0.05, 0) is 42.5 Å². The Labute approximate surface area is 150 Å². The average molecular weight is 361 g/mol. The number of carbonyl (C=O) groups is 2. The number of amides is 1. The van der Waals surface area contributed by atoms with Crippen molar-refractivity contribution in [2.75, 3.05) is 13.7 Å². The number of methoxy groups -OCH3 is 1. The summed E-state index contributed by atoms with van der Waals surface area (Å²) < 4.78 is 18.7. The lowest BCUT2D eigenvalue weighted by Crippen LogP contribution is -2.43.